The van der Waals surface area contributed by atoms with Gasteiger partial charge in [-0.15, -0.1) is 12.4 Å². The van der Waals surface area contributed by atoms with Crippen LogP contribution in [0.25, 0.3) is 0 Å². The van der Waals surface area contributed by atoms with Crippen molar-refractivity contribution in [1.29, 1.82) is 0 Å². The molecule has 2 aliphatic heterocycles. The average Bonchev–Trinajstić information content (AvgIpc) is 3.00. The van der Waals surface area contributed by atoms with Crippen molar-refractivity contribution in [3.63, 3.8) is 0 Å². The van der Waals surface area contributed by atoms with Crippen LogP contribution >= 0.6 is 12.4 Å². The Bertz CT molecular complexity index is 429. The highest BCUT2D eigenvalue weighted by Crippen LogP contribution is 2.36. The van der Waals surface area contributed by atoms with Crippen molar-refractivity contribution in [2.75, 3.05) is 26.2 Å². The summed E-state index contributed by atoms with van der Waals surface area (Å²) in [6.07, 6.45) is 3.72. The van der Waals surface area contributed by atoms with Crippen molar-refractivity contribution in [2.24, 2.45) is 5.41 Å². The van der Waals surface area contributed by atoms with Crippen molar-refractivity contribution in [3.8, 4) is 0 Å². The molecule has 0 aliphatic carbocycles. The van der Waals surface area contributed by atoms with E-state index in [1.807, 2.05) is 12.1 Å². The summed E-state index contributed by atoms with van der Waals surface area (Å²) in [6, 6.07) is 7.56. The van der Waals surface area contributed by atoms with Gasteiger partial charge in [-0.3, -0.25) is 4.90 Å². The molecule has 1 aromatic carbocycles. The molecule has 1 N–H and O–H groups in total. The summed E-state index contributed by atoms with van der Waals surface area (Å²) < 4.78 is 13.0. The lowest BCUT2D eigenvalue weighted by Crippen LogP contribution is -2.37. The van der Waals surface area contributed by atoms with Crippen LogP contribution in [-0.4, -0.2) is 31.1 Å². The Labute approximate surface area is 127 Å². The van der Waals surface area contributed by atoms with E-state index in [9.17, 15) is 4.39 Å². The number of nitrogens with zero attached hydrogens (tertiary/aromatic N) is 1. The molecule has 1 aromatic rings. The molecule has 0 spiro atoms. The first-order valence-electron chi connectivity index (χ1n) is 7.37. The maximum atomic E-state index is 13.0. The minimum atomic E-state index is -0.139. The van der Waals surface area contributed by atoms with E-state index in [0.29, 0.717) is 11.5 Å². The Balaban J connectivity index is 0.00000147. The third-order valence-electron chi connectivity index (χ3n) is 4.66. The molecule has 0 radical (unpaired) electrons. The van der Waals surface area contributed by atoms with Crippen LogP contribution in [0, 0.1) is 11.2 Å². The van der Waals surface area contributed by atoms with Crippen molar-refractivity contribution < 1.29 is 4.39 Å². The van der Waals surface area contributed by atoms with E-state index >= 15 is 0 Å². The van der Waals surface area contributed by atoms with Gasteiger partial charge >= 0.3 is 0 Å². The summed E-state index contributed by atoms with van der Waals surface area (Å²) >= 11 is 0. The van der Waals surface area contributed by atoms with Crippen molar-refractivity contribution in [3.05, 3.63) is 35.6 Å². The Morgan fingerprint density at radius 2 is 2.10 bits per heavy atom. The maximum absolute atomic E-state index is 13.0. The highest BCUT2D eigenvalue weighted by atomic mass is 35.5. The van der Waals surface area contributed by atoms with E-state index in [0.717, 1.165) is 19.6 Å². The Kier molecular flexibility index (Phi) is 5.05. The molecule has 2 atom stereocenters. The van der Waals surface area contributed by atoms with Gasteiger partial charge in [0.15, 0.2) is 0 Å². The third-order valence-corrected chi connectivity index (χ3v) is 4.66. The Hall–Kier alpha value is -0.640. The van der Waals surface area contributed by atoms with Gasteiger partial charge in [0.1, 0.15) is 5.82 Å². The number of halogens is 2. The lowest BCUT2D eigenvalue weighted by atomic mass is 9.88. The van der Waals surface area contributed by atoms with Crippen LogP contribution in [0.3, 0.4) is 0 Å². The second-order valence-electron chi connectivity index (χ2n) is 6.42. The number of nitrogens with one attached hydrogen (secondary N) is 1. The summed E-state index contributed by atoms with van der Waals surface area (Å²) in [4.78, 5) is 2.60. The van der Waals surface area contributed by atoms with Gasteiger partial charge in [-0.2, -0.15) is 0 Å². The van der Waals surface area contributed by atoms with E-state index < -0.39 is 0 Å². The molecular weight excluding hydrogens is 275 g/mol. The molecule has 4 heteroatoms. The van der Waals surface area contributed by atoms with E-state index in [1.54, 1.807) is 12.1 Å². The predicted molar refractivity (Wildman–Crippen MR) is 82.8 cm³/mol. The highest BCUT2D eigenvalue weighted by Gasteiger charge is 2.35. The molecule has 0 saturated carbocycles. The molecule has 3 rings (SSSR count). The maximum Gasteiger partial charge on any atom is 0.123 e. The van der Waals surface area contributed by atoms with E-state index in [1.165, 1.54) is 31.4 Å². The molecule has 2 heterocycles. The fourth-order valence-electron chi connectivity index (χ4n) is 3.57. The van der Waals surface area contributed by atoms with Crippen LogP contribution in [0.5, 0.6) is 0 Å². The molecule has 2 saturated heterocycles. The fraction of sp³-hybridized carbons (Fsp3) is 0.625. The number of likely N-dealkylation sites (tertiary alicyclic amines) is 1. The van der Waals surface area contributed by atoms with Crippen molar-refractivity contribution in [2.45, 2.75) is 32.2 Å². The summed E-state index contributed by atoms with van der Waals surface area (Å²) in [5.74, 6) is -0.139. The normalized spacial score (nSPS) is 30.4. The largest absolute Gasteiger partial charge is 0.316 e. The van der Waals surface area contributed by atoms with Gasteiger partial charge in [0, 0.05) is 19.1 Å². The number of rotatable bonds is 3. The lowest BCUT2D eigenvalue weighted by Gasteiger charge is -2.33. The molecule has 0 amide bonds. The quantitative estimate of drug-likeness (QED) is 0.920. The van der Waals surface area contributed by atoms with Gasteiger partial charge in [-0.25, -0.2) is 4.39 Å². The van der Waals surface area contributed by atoms with Gasteiger partial charge in [0.2, 0.25) is 0 Å². The number of benzene rings is 1. The first-order valence-corrected chi connectivity index (χ1v) is 7.37. The summed E-state index contributed by atoms with van der Waals surface area (Å²) in [6.45, 7) is 6.98. The van der Waals surface area contributed by atoms with Crippen molar-refractivity contribution >= 4 is 12.4 Å². The monoisotopic (exact) mass is 298 g/mol. The van der Waals surface area contributed by atoms with Crippen LogP contribution in [0.15, 0.2) is 24.3 Å². The van der Waals surface area contributed by atoms with Crippen LogP contribution in [0.1, 0.15) is 37.8 Å². The summed E-state index contributed by atoms with van der Waals surface area (Å²) in [7, 11) is 0. The summed E-state index contributed by atoms with van der Waals surface area (Å²) in [5, 5.41) is 3.47. The van der Waals surface area contributed by atoms with Crippen LogP contribution in [-0.2, 0) is 0 Å². The second kappa shape index (κ2) is 6.42. The van der Waals surface area contributed by atoms with Gasteiger partial charge in [-0.05, 0) is 55.5 Å². The molecule has 0 aromatic heterocycles. The Morgan fingerprint density at radius 3 is 2.75 bits per heavy atom. The zero-order valence-electron chi connectivity index (χ0n) is 12.1. The Morgan fingerprint density at radius 1 is 1.35 bits per heavy atom. The molecule has 112 valence electrons. The number of hydrogen-bond acceptors (Lipinski definition) is 2. The molecule has 0 bridgehead atoms. The first kappa shape index (κ1) is 15.7. The van der Waals surface area contributed by atoms with E-state index in [-0.39, 0.29) is 18.2 Å². The van der Waals surface area contributed by atoms with E-state index in [2.05, 4.69) is 17.1 Å². The van der Waals surface area contributed by atoms with Crippen LogP contribution in [0.2, 0.25) is 0 Å². The average molecular weight is 299 g/mol. The second-order valence-corrected chi connectivity index (χ2v) is 6.42. The first-order chi connectivity index (χ1) is 9.16. The minimum Gasteiger partial charge on any atom is -0.316 e. The van der Waals surface area contributed by atoms with Gasteiger partial charge < -0.3 is 5.32 Å². The molecular formula is C16H24ClFN2. The zero-order valence-corrected chi connectivity index (χ0v) is 12.9. The molecule has 2 unspecified atom stereocenters. The van der Waals surface area contributed by atoms with Gasteiger partial charge in [0.05, 0.1) is 0 Å². The SMILES string of the molecule is CC1(CN2CCCC2c2ccc(F)cc2)CCNC1.Cl. The lowest BCUT2D eigenvalue weighted by molar-refractivity contribution is 0.165. The van der Waals surface area contributed by atoms with Crippen molar-refractivity contribution in [1.82, 2.24) is 10.2 Å². The zero-order chi connectivity index (χ0) is 13.3. The standard InChI is InChI=1S/C16H23FN2.ClH/c1-16(8-9-18-11-16)12-19-10-2-3-15(19)13-4-6-14(17)7-5-13;/h4-7,15,18H,2-3,8-12H2,1H3;1H. The molecule has 2 fully saturated rings. The minimum absolute atomic E-state index is 0. The van der Waals surface area contributed by atoms with E-state index in [4.69, 9.17) is 0 Å². The molecule has 20 heavy (non-hydrogen) atoms. The highest BCUT2D eigenvalue weighted by molar-refractivity contribution is 5.85. The van der Waals surface area contributed by atoms with Crippen LogP contribution < -0.4 is 5.32 Å². The molecule has 2 nitrogen and oxygen atoms in total. The van der Waals surface area contributed by atoms with Crippen LogP contribution in [0.4, 0.5) is 4.39 Å². The van der Waals surface area contributed by atoms with Gasteiger partial charge in [-0.1, -0.05) is 19.1 Å². The smallest absolute Gasteiger partial charge is 0.123 e. The third kappa shape index (κ3) is 3.33. The number of hydrogen-bond donors (Lipinski definition) is 1. The van der Waals surface area contributed by atoms with Gasteiger partial charge in [0.25, 0.3) is 0 Å². The predicted octanol–water partition coefficient (Wildman–Crippen LogP) is 3.38. The topological polar surface area (TPSA) is 15.3 Å². The molecule has 2 aliphatic rings. The fourth-order valence-corrected chi connectivity index (χ4v) is 3.57. The summed E-state index contributed by atoms with van der Waals surface area (Å²) in [5.41, 5.74) is 1.68.